The second-order valence-corrected chi connectivity index (χ2v) is 4.12. The van der Waals surface area contributed by atoms with Crippen LogP contribution in [0.15, 0.2) is 22.7 Å². The van der Waals surface area contributed by atoms with Crippen LogP contribution in [0.3, 0.4) is 0 Å². The molecule has 2 N–H and O–H groups in total. The van der Waals surface area contributed by atoms with Gasteiger partial charge in [0.2, 0.25) is 0 Å². The van der Waals surface area contributed by atoms with Gasteiger partial charge >= 0.3 is 6.18 Å². The van der Waals surface area contributed by atoms with Crippen LogP contribution in [0.25, 0.3) is 0 Å². The third-order valence-corrected chi connectivity index (χ3v) is 2.47. The van der Waals surface area contributed by atoms with E-state index in [4.69, 9.17) is 5.11 Å². The van der Waals surface area contributed by atoms with E-state index in [9.17, 15) is 13.2 Å². The van der Waals surface area contributed by atoms with Crippen molar-refractivity contribution in [3.8, 4) is 0 Å². The van der Waals surface area contributed by atoms with Gasteiger partial charge in [-0.3, -0.25) is 0 Å². The molecule has 0 fully saturated rings. The van der Waals surface area contributed by atoms with E-state index in [1.807, 2.05) is 0 Å². The molecule has 0 aromatic heterocycles. The summed E-state index contributed by atoms with van der Waals surface area (Å²) >= 11 is 3.01. The molecule has 0 aliphatic carbocycles. The van der Waals surface area contributed by atoms with Crippen LogP contribution in [0.5, 0.6) is 0 Å². The van der Waals surface area contributed by atoms with Crippen LogP contribution in [0.1, 0.15) is 11.1 Å². The van der Waals surface area contributed by atoms with Crippen molar-refractivity contribution >= 4 is 15.9 Å². The third kappa shape index (κ3) is 3.77. The minimum Gasteiger partial charge on any atom is -0.395 e. The topological polar surface area (TPSA) is 32.3 Å². The number of rotatable bonds is 4. The average molecular weight is 298 g/mol. The smallest absolute Gasteiger partial charge is 0.395 e. The fourth-order valence-electron chi connectivity index (χ4n) is 1.27. The predicted molar refractivity (Wildman–Crippen MR) is 57.9 cm³/mol. The Balaban J connectivity index is 2.90. The molecule has 1 aromatic carbocycles. The maximum Gasteiger partial charge on any atom is 0.416 e. The summed E-state index contributed by atoms with van der Waals surface area (Å²) in [5.74, 6) is 0. The second kappa shape index (κ2) is 5.65. The third-order valence-electron chi connectivity index (χ3n) is 1.98. The van der Waals surface area contributed by atoms with Gasteiger partial charge in [-0.25, -0.2) is 0 Å². The molecule has 1 aromatic rings. The summed E-state index contributed by atoms with van der Waals surface area (Å²) in [4.78, 5) is 0. The number of aliphatic hydroxyl groups is 1. The highest BCUT2D eigenvalue weighted by Crippen LogP contribution is 2.33. The number of aliphatic hydroxyl groups excluding tert-OH is 1. The summed E-state index contributed by atoms with van der Waals surface area (Å²) in [6, 6.07) is 4.03. The molecule has 0 aliphatic heterocycles. The van der Waals surface area contributed by atoms with E-state index in [0.717, 1.165) is 6.07 Å². The van der Waals surface area contributed by atoms with Crippen LogP contribution in [0.2, 0.25) is 0 Å². The maximum absolute atomic E-state index is 12.6. The van der Waals surface area contributed by atoms with E-state index >= 15 is 0 Å². The molecule has 0 saturated heterocycles. The number of nitrogens with one attached hydrogen (secondary N) is 1. The van der Waals surface area contributed by atoms with E-state index in [2.05, 4.69) is 21.2 Å². The minimum atomic E-state index is -4.36. The van der Waals surface area contributed by atoms with Gasteiger partial charge in [-0.05, 0) is 17.7 Å². The normalized spacial score (nSPS) is 11.8. The zero-order valence-electron chi connectivity index (χ0n) is 8.31. The van der Waals surface area contributed by atoms with E-state index in [0.29, 0.717) is 4.47 Å². The van der Waals surface area contributed by atoms with E-state index in [1.54, 1.807) is 6.07 Å². The van der Waals surface area contributed by atoms with E-state index in [-0.39, 0.29) is 25.3 Å². The Kier molecular flexibility index (Phi) is 4.76. The van der Waals surface area contributed by atoms with Crippen LogP contribution in [0.4, 0.5) is 13.2 Å². The molecule has 0 heterocycles. The Hall–Kier alpha value is -0.590. The molecule has 6 heteroatoms. The highest BCUT2D eigenvalue weighted by molar-refractivity contribution is 9.10. The molecule has 0 bridgehead atoms. The van der Waals surface area contributed by atoms with Gasteiger partial charge in [0.1, 0.15) is 0 Å². The maximum atomic E-state index is 12.6. The zero-order valence-corrected chi connectivity index (χ0v) is 9.90. The molecule has 0 radical (unpaired) electrons. The summed E-state index contributed by atoms with van der Waals surface area (Å²) in [6.07, 6.45) is -4.36. The summed E-state index contributed by atoms with van der Waals surface area (Å²) in [5, 5.41) is 11.2. The van der Waals surface area contributed by atoms with Crippen LogP contribution in [0, 0.1) is 0 Å². The van der Waals surface area contributed by atoms with Crippen molar-refractivity contribution in [2.24, 2.45) is 0 Å². The first-order chi connectivity index (χ1) is 7.45. The van der Waals surface area contributed by atoms with Crippen LogP contribution in [-0.4, -0.2) is 18.3 Å². The Morgan fingerprint density at radius 3 is 2.56 bits per heavy atom. The summed E-state index contributed by atoms with van der Waals surface area (Å²) < 4.78 is 38.3. The lowest BCUT2D eigenvalue weighted by atomic mass is 10.1. The first kappa shape index (κ1) is 13.5. The van der Waals surface area contributed by atoms with Gasteiger partial charge < -0.3 is 10.4 Å². The van der Waals surface area contributed by atoms with Crippen LogP contribution >= 0.6 is 15.9 Å². The Morgan fingerprint density at radius 1 is 1.31 bits per heavy atom. The molecule has 0 unspecified atom stereocenters. The molecular formula is C10H11BrF3NO. The van der Waals surface area contributed by atoms with E-state index < -0.39 is 11.7 Å². The molecule has 0 spiro atoms. The van der Waals surface area contributed by atoms with Crippen molar-refractivity contribution in [1.29, 1.82) is 0 Å². The van der Waals surface area contributed by atoms with Gasteiger partial charge in [0.05, 0.1) is 12.2 Å². The van der Waals surface area contributed by atoms with Gasteiger partial charge in [-0.1, -0.05) is 22.0 Å². The summed E-state index contributed by atoms with van der Waals surface area (Å²) in [7, 11) is 0. The van der Waals surface area contributed by atoms with Gasteiger partial charge in [-0.2, -0.15) is 13.2 Å². The van der Waals surface area contributed by atoms with Crippen molar-refractivity contribution in [2.75, 3.05) is 13.2 Å². The monoisotopic (exact) mass is 297 g/mol. The first-order valence-electron chi connectivity index (χ1n) is 4.62. The minimum absolute atomic E-state index is 0.0860. The molecular weight excluding hydrogens is 287 g/mol. The standard InChI is InChI=1S/C10H11BrF3NO/c11-8-2-1-7(6-15-3-4-16)9(5-8)10(12,13)14/h1-2,5,15-16H,3-4,6H2. The quantitative estimate of drug-likeness (QED) is 0.837. The molecule has 16 heavy (non-hydrogen) atoms. The molecule has 0 aliphatic rings. The van der Waals surface area contributed by atoms with Crippen molar-refractivity contribution < 1.29 is 18.3 Å². The lowest BCUT2D eigenvalue weighted by molar-refractivity contribution is -0.138. The second-order valence-electron chi connectivity index (χ2n) is 3.20. The highest BCUT2D eigenvalue weighted by Gasteiger charge is 2.33. The number of halogens is 4. The van der Waals surface area contributed by atoms with E-state index in [1.165, 1.54) is 6.07 Å². The van der Waals surface area contributed by atoms with Gasteiger partial charge in [-0.15, -0.1) is 0 Å². The molecule has 0 amide bonds. The van der Waals surface area contributed by atoms with Crippen molar-refractivity contribution in [2.45, 2.75) is 12.7 Å². The fraction of sp³-hybridized carbons (Fsp3) is 0.400. The van der Waals surface area contributed by atoms with Crippen molar-refractivity contribution in [1.82, 2.24) is 5.32 Å². The summed E-state index contributed by atoms with van der Waals surface area (Å²) in [5.41, 5.74) is -0.489. The number of hydrogen-bond acceptors (Lipinski definition) is 2. The van der Waals surface area contributed by atoms with Crippen molar-refractivity contribution in [3.05, 3.63) is 33.8 Å². The molecule has 90 valence electrons. The molecule has 1 rings (SSSR count). The van der Waals surface area contributed by atoms with Gasteiger partial charge in [0, 0.05) is 17.6 Å². The molecule has 2 nitrogen and oxygen atoms in total. The summed E-state index contributed by atoms with van der Waals surface area (Å²) in [6.45, 7) is 0.258. The number of alkyl halides is 3. The largest absolute Gasteiger partial charge is 0.416 e. The van der Waals surface area contributed by atoms with Crippen LogP contribution in [-0.2, 0) is 12.7 Å². The Bertz CT molecular complexity index is 354. The molecule has 0 atom stereocenters. The number of hydrogen-bond donors (Lipinski definition) is 2. The van der Waals surface area contributed by atoms with Crippen LogP contribution < -0.4 is 5.32 Å². The van der Waals surface area contributed by atoms with Gasteiger partial charge in [0.15, 0.2) is 0 Å². The average Bonchev–Trinajstić information content (AvgIpc) is 2.19. The highest BCUT2D eigenvalue weighted by atomic mass is 79.9. The first-order valence-corrected chi connectivity index (χ1v) is 5.41. The Morgan fingerprint density at radius 2 is 2.00 bits per heavy atom. The zero-order chi connectivity index (χ0) is 12.2. The lowest BCUT2D eigenvalue weighted by Crippen LogP contribution is -2.20. The molecule has 0 saturated carbocycles. The lowest BCUT2D eigenvalue weighted by Gasteiger charge is -2.13. The van der Waals surface area contributed by atoms with Gasteiger partial charge in [0.25, 0.3) is 0 Å². The number of benzene rings is 1. The Labute approximate surface area is 99.6 Å². The van der Waals surface area contributed by atoms with Crippen molar-refractivity contribution in [3.63, 3.8) is 0 Å². The fourth-order valence-corrected chi connectivity index (χ4v) is 1.63. The predicted octanol–water partition coefficient (Wildman–Crippen LogP) is 2.55. The SMILES string of the molecule is OCCNCc1ccc(Br)cc1C(F)(F)F.